The van der Waals surface area contributed by atoms with Gasteiger partial charge in [0.25, 0.3) is 5.56 Å². The van der Waals surface area contributed by atoms with E-state index in [1.165, 1.54) is 23.5 Å². The number of benzene rings is 2. The van der Waals surface area contributed by atoms with Crippen molar-refractivity contribution in [3.8, 4) is 16.2 Å². The summed E-state index contributed by atoms with van der Waals surface area (Å²) < 4.78 is 19.0. The standard InChI is InChI=1S/C22H20FN3O2S/c1-26(12-14-4-3-5-17(10-14)28-2)13-20-24-18-11-19(29-21(18)22(27)25-20)15-6-8-16(23)9-7-15/h3-11H,12-13H2,1-2H3,(H,24,25,27). The largest absolute Gasteiger partial charge is 0.497 e. The second kappa shape index (κ2) is 8.14. The van der Waals surface area contributed by atoms with Gasteiger partial charge in [0.1, 0.15) is 22.1 Å². The van der Waals surface area contributed by atoms with Gasteiger partial charge in [-0.15, -0.1) is 11.3 Å². The van der Waals surface area contributed by atoms with Crippen molar-refractivity contribution in [3.05, 3.63) is 82.2 Å². The lowest BCUT2D eigenvalue weighted by atomic mass is 10.2. The van der Waals surface area contributed by atoms with Crippen molar-refractivity contribution >= 4 is 21.6 Å². The van der Waals surface area contributed by atoms with Gasteiger partial charge in [-0.25, -0.2) is 9.37 Å². The first kappa shape index (κ1) is 19.3. The van der Waals surface area contributed by atoms with Crippen LogP contribution < -0.4 is 10.3 Å². The van der Waals surface area contributed by atoms with Gasteiger partial charge in [0.05, 0.1) is 19.2 Å². The summed E-state index contributed by atoms with van der Waals surface area (Å²) in [4.78, 5) is 23.0. The zero-order valence-electron chi connectivity index (χ0n) is 16.1. The topological polar surface area (TPSA) is 58.2 Å². The summed E-state index contributed by atoms with van der Waals surface area (Å²) in [7, 11) is 3.62. The Bertz CT molecular complexity index is 1200. The van der Waals surface area contributed by atoms with Crippen LogP contribution in [0.25, 0.3) is 20.7 Å². The first-order valence-corrected chi connectivity index (χ1v) is 9.93. The number of halogens is 1. The number of hydrogen-bond acceptors (Lipinski definition) is 5. The van der Waals surface area contributed by atoms with Crippen molar-refractivity contribution in [1.29, 1.82) is 0 Å². The smallest absolute Gasteiger partial charge is 0.268 e. The van der Waals surface area contributed by atoms with Gasteiger partial charge in [-0.2, -0.15) is 0 Å². The first-order valence-electron chi connectivity index (χ1n) is 9.12. The number of hydrogen-bond donors (Lipinski definition) is 1. The van der Waals surface area contributed by atoms with Crippen molar-refractivity contribution in [2.24, 2.45) is 0 Å². The fourth-order valence-corrected chi connectivity index (χ4v) is 4.21. The molecule has 2 heterocycles. The molecule has 2 aromatic carbocycles. The predicted molar refractivity (Wildman–Crippen MR) is 114 cm³/mol. The van der Waals surface area contributed by atoms with Crippen LogP contribution in [0.15, 0.2) is 59.4 Å². The average Bonchev–Trinajstić information content (AvgIpc) is 3.13. The zero-order valence-corrected chi connectivity index (χ0v) is 16.9. The number of ether oxygens (including phenoxy) is 1. The van der Waals surface area contributed by atoms with E-state index >= 15 is 0 Å². The van der Waals surface area contributed by atoms with Gasteiger partial charge in [0, 0.05) is 11.4 Å². The van der Waals surface area contributed by atoms with E-state index in [0.717, 1.165) is 21.8 Å². The lowest BCUT2D eigenvalue weighted by Crippen LogP contribution is -2.21. The monoisotopic (exact) mass is 409 g/mol. The summed E-state index contributed by atoms with van der Waals surface area (Å²) in [5, 5.41) is 0. The van der Waals surface area contributed by atoms with Crippen molar-refractivity contribution < 1.29 is 9.13 Å². The maximum absolute atomic E-state index is 13.2. The lowest BCUT2D eigenvalue weighted by molar-refractivity contribution is 0.310. The van der Waals surface area contributed by atoms with Gasteiger partial charge >= 0.3 is 0 Å². The van der Waals surface area contributed by atoms with Crippen LogP contribution in [0.2, 0.25) is 0 Å². The molecule has 1 N–H and O–H groups in total. The van der Waals surface area contributed by atoms with Crippen molar-refractivity contribution in [1.82, 2.24) is 14.9 Å². The molecular weight excluding hydrogens is 389 g/mol. The molecule has 2 aromatic heterocycles. The third kappa shape index (κ3) is 4.36. The molecule has 0 saturated heterocycles. The van der Waals surface area contributed by atoms with E-state index in [1.807, 2.05) is 37.4 Å². The van der Waals surface area contributed by atoms with Crippen LogP contribution in [-0.4, -0.2) is 29.0 Å². The quantitative estimate of drug-likeness (QED) is 0.512. The van der Waals surface area contributed by atoms with Crippen LogP contribution >= 0.6 is 11.3 Å². The average molecular weight is 409 g/mol. The van der Waals surface area contributed by atoms with Crippen molar-refractivity contribution in [3.63, 3.8) is 0 Å². The first-order chi connectivity index (χ1) is 14.0. The molecule has 0 saturated carbocycles. The number of fused-ring (bicyclic) bond motifs is 1. The highest BCUT2D eigenvalue weighted by molar-refractivity contribution is 7.22. The maximum Gasteiger partial charge on any atom is 0.268 e. The molecular formula is C22H20FN3O2S. The molecule has 0 bridgehead atoms. The predicted octanol–water partition coefficient (Wildman–Crippen LogP) is 4.43. The summed E-state index contributed by atoms with van der Waals surface area (Å²) in [6, 6.07) is 16.0. The summed E-state index contributed by atoms with van der Waals surface area (Å²) in [5.41, 5.74) is 2.48. The molecule has 0 spiro atoms. The van der Waals surface area contributed by atoms with Gasteiger partial charge in [-0.3, -0.25) is 9.69 Å². The highest BCUT2D eigenvalue weighted by Gasteiger charge is 2.12. The lowest BCUT2D eigenvalue weighted by Gasteiger charge is -2.16. The fraction of sp³-hybridized carbons (Fsp3) is 0.182. The second-order valence-corrected chi connectivity index (χ2v) is 7.92. The number of rotatable bonds is 6. The third-order valence-electron chi connectivity index (χ3n) is 4.57. The Morgan fingerprint density at radius 1 is 1.14 bits per heavy atom. The van der Waals surface area contributed by atoms with E-state index in [1.54, 1.807) is 19.2 Å². The van der Waals surface area contributed by atoms with E-state index in [9.17, 15) is 9.18 Å². The van der Waals surface area contributed by atoms with Crippen molar-refractivity contribution in [2.75, 3.05) is 14.2 Å². The van der Waals surface area contributed by atoms with Crippen LogP contribution in [0.4, 0.5) is 4.39 Å². The van der Waals surface area contributed by atoms with Crippen LogP contribution in [-0.2, 0) is 13.1 Å². The fourth-order valence-electron chi connectivity index (χ4n) is 3.21. The molecule has 0 fully saturated rings. The Morgan fingerprint density at radius 3 is 2.69 bits per heavy atom. The molecule has 5 nitrogen and oxygen atoms in total. The van der Waals surface area contributed by atoms with Crippen LogP contribution in [0.5, 0.6) is 5.75 Å². The van der Waals surface area contributed by atoms with Crippen LogP contribution in [0.1, 0.15) is 11.4 Å². The highest BCUT2D eigenvalue weighted by Crippen LogP contribution is 2.31. The van der Waals surface area contributed by atoms with Crippen LogP contribution in [0.3, 0.4) is 0 Å². The Labute approximate surface area is 171 Å². The molecule has 0 aliphatic carbocycles. The number of thiophene rings is 1. The molecule has 4 rings (SSSR count). The molecule has 7 heteroatoms. The maximum atomic E-state index is 13.2. The molecule has 4 aromatic rings. The number of aromatic nitrogens is 2. The molecule has 148 valence electrons. The third-order valence-corrected chi connectivity index (χ3v) is 5.74. The van der Waals surface area contributed by atoms with E-state index in [-0.39, 0.29) is 11.4 Å². The Balaban J connectivity index is 1.56. The number of nitrogens with one attached hydrogen (secondary N) is 1. The molecule has 0 atom stereocenters. The van der Waals surface area contributed by atoms with E-state index < -0.39 is 0 Å². The minimum atomic E-state index is -0.285. The van der Waals surface area contributed by atoms with Gasteiger partial charge < -0.3 is 9.72 Å². The SMILES string of the molecule is COc1cccc(CN(C)Cc2nc3cc(-c4ccc(F)cc4)sc3c(=O)[nH]2)c1. The molecule has 0 aliphatic rings. The van der Waals surface area contributed by atoms with Gasteiger partial charge in [-0.1, -0.05) is 24.3 Å². The van der Waals surface area contributed by atoms with Crippen LogP contribution in [0, 0.1) is 5.82 Å². The van der Waals surface area contributed by atoms with Crippen molar-refractivity contribution in [2.45, 2.75) is 13.1 Å². The molecule has 0 aliphatic heterocycles. The minimum absolute atomic E-state index is 0.154. The normalized spacial score (nSPS) is 11.3. The number of H-pyrrole nitrogens is 1. The van der Waals surface area contributed by atoms with E-state index in [0.29, 0.717) is 29.1 Å². The van der Waals surface area contributed by atoms with Gasteiger partial charge in [0.2, 0.25) is 0 Å². The minimum Gasteiger partial charge on any atom is -0.497 e. The van der Waals surface area contributed by atoms with E-state index in [4.69, 9.17) is 4.74 Å². The van der Waals surface area contributed by atoms with Gasteiger partial charge in [-0.05, 0) is 48.5 Å². The summed E-state index contributed by atoms with van der Waals surface area (Å²) in [6.45, 7) is 1.20. The zero-order chi connectivity index (χ0) is 20.4. The summed E-state index contributed by atoms with van der Waals surface area (Å²) in [6.07, 6.45) is 0. The molecule has 0 amide bonds. The number of nitrogens with zero attached hydrogens (tertiary/aromatic N) is 2. The summed E-state index contributed by atoms with van der Waals surface area (Å²) in [5.74, 6) is 1.14. The van der Waals surface area contributed by atoms with E-state index in [2.05, 4.69) is 14.9 Å². The molecule has 29 heavy (non-hydrogen) atoms. The summed E-state index contributed by atoms with van der Waals surface area (Å²) >= 11 is 1.36. The molecule has 0 unspecified atom stereocenters. The highest BCUT2D eigenvalue weighted by atomic mass is 32.1. The Morgan fingerprint density at radius 2 is 1.93 bits per heavy atom. The number of aromatic amines is 1. The Hall–Kier alpha value is -3.03. The Kier molecular flexibility index (Phi) is 5.42. The number of methoxy groups -OCH3 is 1. The second-order valence-electron chi connectivity index (χ2n) is 6.87. The molecule has 0 radical (unpaired) electrons. The van der Waals surface area contributed by atoms with Gasteiger partial charge in [0.15, 0.2) is 0 Å².